The molecule has 4 rings (SSSR count). The molecule has 0 atom stereocenters. The van der Waals surface area contributed by atoms with Crippen LogP contribution in [0.5, 0.6) is 0 Å². The quantitative estimate of drug-likeness (QED) is 0.757. The van der Waals surface area contributed by atoms with Crippen LogP contribution in [-0.4, -0.2) is 48.3 Å². The van der Waals surface area contributed by atoms with Gasteiger partial charge in [0.15, 0.2) is 0 Å². The number of benzene rings is 2. The molecule has 168 valence electrons. The number of aryl methyl sites for hydroxylation is 1. The van der Waals surface area contributed by atoms with Crippen molar-refractivity contribution in [3.63, 3.8) is 0 Å². The molecular weight excluding hydrogens is 402 g/mol. The van der Waals surface area contributed by atoms with Gasteiger partial charge in [-0.1, -0.05) is 30.3 Å². The third kappa shape index (κ3) is 5.55. The Morgan fingerprint density at radius 2 is 1.62 bits per heavy atom. The second-order valence-electron chi connectivity index (χ2n) is 8.67. The molecule has 2 aromatic carbocycles. The van der Waals surface area contributed by atoms with Crippen LogP contribution in [0.1, 0.15) is 54.4 Å². The van der Waals surface area contributed by atoms with Gasteiger partial charge in [0.05, 0.1) is 0 Å². The van der Waals surface area contributed by atoms with E-state index >= 15 is 0 Å². The van der Waals surface area contributed by atoms with Gasteiger partial charge >= 0.3 is 0 Å². The molecule has 2 aliphatic rings. The Hall–Kier alpha value is -3.15. The van der Waals surface area contributed by atoms with Crippen LogP contribution in [0.3, 0.4) is 0 Å². The summed E-state index contributed by atoms with van der Waals surface area (Å²) in [5, 5.41) is 3.12. The SMILES string of the molecule is O=C(CCc1ccccc1)NC1CCN(C(=O)c2ccc(N3CCCCC3=O)cc2)CC1. The first kappa shape index (κ1) is 22.1. The number of carbonyl (C=O) groups is 3. The second-order valence-corrected chi connectivity index (χ2v) is 8.67. The van der Waals surface area contributed by atoms with Gasteiger partial charge in [0.1, 0.15) is 0 Å². The van der Waals surface area contributed by atoms with E-state index in [0.717, 1.165) is 44.3 Å². The normalized spacial score (nSPS) is 17.3. The van der Waals surface area contributed by atoms with Crippen LogP contribution in [-0.2, 0) is 16.0 Å². The van der Waals surface area contributed by atoms with Crippen LogP contribution in [0.15, 0.2) is 54.6 Å². The van der Waals surface area contributed by atoms with Crippen molar-refractivity contribution in [2.45, 2.75) is 51.0 Å². The summed E-state index contributed by atoms with van der Waals surface area (Å²) in [6.45, 7) is 2.01. The number of anilines is 1. The third-order valence-corrected chi connectivity index (χ3v) is 6.38. The summed E-state index contributed by atoms with van der Waals surface area (Å²) in [5.74, 6) is 0.236. The van der Waals surface area contributed by atoms with Crippen molar-refractivity contribution in [1.29, 1.82) is 0 Å². The summed E-state index contributed by atoms with van der Waals surface area (Å²) >= 11 is 0. The van der Waals surface area contributed by atoms with Crippen LogP contribution in [0.2, 0.25) is 0 Å². The van der Waals surface area contributed by atoms with Crippen LogP contribution < -0.4 is 10.2 Å². The van der Waals surface area contributed by atoms with E-state index in [2.05, 4.69) is 5.32 Å². The summed E-state index contributed by atoms with van der Waals surface area (Å²) in [6.07, 6.45) is 5.32. The maximum atomic E-state index is 12.9. The second kappa shape index (κ2) is 10.4. The fourth-order valence-corrected chi connectivity index (χ4v) is 4.47. The van der Waals surface area contributed by atoms with Gasteiger partial charge in [-0.3, -0.25) is 14.4 Å². The molecule has 0 saturated carbocycles. The predicted octanol–water partition coefficient (Wildman–Crippen LogP) is 3.56. The Labute approximate surface area is 189 Å². The maximum Gasteiger partial charge on any atom is 0.253 e. The number of nitrogens with zero attached hydrogens (tertiary/aromatic N) is 2. The van der Waals surface area contributed by atoms with E-state index in [0.29, 0.717) is 31.5 Å². The van der Waals surface area contributed by atoms with Gasteiger partial charge in [0, 0.05) is 49.8 Å². The number of rotatable bonds is 6. The average molecular weight is 434 g/mol. The van der Waals surface area contributed by atoms with Crippen molar-refractivity contribution in [2.75, 3.05) is 24.5 Å². The van der Waals surface area contributed by atoms with Gasteiger partial charge in [-0.05, 0) is 61.9 Å². The first-order chi connectivity index (χ1) is 15.6. The molecule has 0 bridgehead atoms. The highest BCUT2D eigenvalue weighted by Gasteiger charge is 2.25. The molecule has 1 N–H and O–H groups in total. The minimum Gasteiger partial charge on any atom is -0.353 e. The molecule has 2 fully saturated rings. The van der Waals surface area contributed by atoms with E-state index in [-0.39, 0.29) is 23.8 Å². The van der Waals surface area contributed by atoms with Crippen molar-refractivity contribution in [3.8, 4) is 0 Å². The zero-order valence-corrected chi connectivity index (χ0v) is 18.5. The highest BCUT2D eigenvalue weighted by Crippen LogP contribution is 2.22. The smallest absolute Gasteiger partial charge is 0.253 e. The van der Waals surface area contributed by atoms with E-state index in [9.17, 15) is 14.4 Å². The summed E-state index contributed by atoms with van der Waals surface area (Å²) in [4.78, 5) is 41.0. The Morgan fingerprint density at radius 1 is 0.906 bits per heavy atom. The molecule has 0 spiro atoms. The van der Waals surface area contributed by atoms with Crippen molar-refractivity contribution >= 4 is 23.4 Å². The fraction of sp³-hybridized carbons (Fsp3) is 0.423. The van der Waals surface area contributed by atoms with Gasteiger partial charge in [0.25, 0.3) is 5.91 Å². The number of amides is 3. The molecule has 0 aliphatic carbocycles. The first-order valence-electron chi connectivity index (χ1n) is 11.6. The molecule has 2 aliphatic heterocycles. The monoisotopic (exact) mass is 433 g/mol. The molecule has 6 nitrogen and oxygen atoms in total. The van der Waals surface area contributed by atoms with E-state index in [1.165, 1.54) is 5.56 Å². The van der Waals surface area contributed by atoms with Crippen LogP contribution in [0.25, 0.3) is 0 Å². The lowest BCUT2D eigenvalue weighted by atomic mass is 10.0. The minimum atomic E-state index is 0.00961. The van der Waals surface area contributed by atoms with E-state index in [4.69, 9.17) is 0 Å². The Kier molecular flexibility index (Phi) is 7.20. The van der Waals surface area contributed by atoms with E-state index < -0.39 is 0 Å². The number of nitrogens with one attached hydrogen (secondary N) is 1. The molecule has 6 heteroatoms. The van der Waals surface area contributed by atoms with Crippen molar-refractivity contribution in [2.24, 2.45) is 0 Å². The Balaban J connectivity index is 1.23. The Morgan fingerprint density at radius 3 is 2.31 bits per heavy atom. The summed E-state index contributed by atoms with van der Waals surface area (Å²) < 4.78 is 0. The lowest BCUT2D eigenvalue weighted by Gasteiger charge is -2.32. The molecule has 0 unspecified atom stereocenters. The van der Waals surface area contributed by atoms with Crippen molar-refractivity contribution in [3.05, 3.63) is 65.7 Å². The molecule has 2 saturated heterocycles. The van der Waals surface area contributed by atoms with Crippen LogP contribution in [0, 0.1) is 0 Å². The zero-order chi connectivity index (χ0) is 22.3. The van der Waals surface area contributed by atoms with Crippen molar-refractivity contribution < 1.29 is 14.4 Å². The van der Waals surface area contributed by atoms with E-state index in [1.54, 1.807) is 0 Å². The molecular formula is C26H31N3O3. The highest BCUT2D eigenvalue weighted by atomic mass is 16.2. The number of likely N-dealkylation sites (tertiary alicyclic amines) is 1. The molecule has 0 radical (unpaired) electrons. The zero-order valence-electron chi connectivity index (χ0n) is 18.5. The number of hydrogen-bond acceptors (Lipinski definition) is 3. The fourth-order valence-electron chi connectivity index (χ4n) is 4.47. The lowest BCUT2D eigenvalue weighted by molar-refractivity contribution is -0.122. The standard InChI is InChI=1S/C26H31N3O3/c30-24(14-9-20-6-2-1-3-7-20)27-22-15-18-28(19-16-22)26(32)21-10-12-23(13-11-21)29-17-5-4-8-25(29)31/h1-3,6-7,10-13,22H,4-5,8-9,14-19H2,(H,27,30). The number of piperidine rings is 2. The molecule has 3 amide bonds. The third-order valence-electron chi connectivity index (χ3n) is 6.38. The molecule has 2 heterocycles. The van der Waals surface area contributed by atoms with Gasteiger partial charge in [0.2, 0.25) is 11.8 Å². The van der Waals surface area contributed by atoms with Crippen molar-refractivity contribution in [1.82, 2.24) is 10.2 Å². The van der Waals surface area contributed by atoms with Gasteiger partial charge in [-0.15, -0.1) is 0 Å². The summed E-state index contributed by atoms with van der Waals surface area (Å²) in [5.41, 5.74) is 2.67. The minimum absolute atomic E-state index is 0.00961. The van der Waals surface area contributed by atoms with E-state index in [1.807, 2.05) is 64.4 Å². The van der Waals surface area contributed by atoms with Gasteiger partial charge in [-0.25, -0.2) is 0 Å². The van der Waals surface area contributed by atoms with Crippen LogP contribution in [0.4, 0.5) is 5.69 Å². The average Bonchev–Trinajstić information content (AvgIpc) is 2.84. The highest BCUT2D eigenvalue weighted by molar-refractivity contribution is 5.97. The summed E-state index contributed by atoms with van der Waals surface area (Å²) in [7, 11) is 0. The number of carbonyl (C=O) groups excluding carboxylic acids is 3. The maximum absolute atomic E-state index is 12.9. The predicted molar refractivity (Wildman–Crippen MR) is 124 cm³/mol. The Bertz CT molecular complexity index is 935. The first-order valence-corrected chi connectivity index (χ1v) is 11.6. The van der Waals surface area contributed by atoms with Gasteiger partial charge in [-0.2, -0.15) is 0 Å². The molecule has 2 aromatic rings. The lowest BCUT2D eigenvalue weighted by Crippen LogP contribution is -2.46. The number of hydrogen-bond donors (Lipinski definition) is 1. The molecule has 0 aromatic heterocycles. The topological polar surface area (TPSA) is 69.7 Å². The summed E-state index contributed by atoms with van der Waals surface area (Å²) in [6, 6.07) is 17.5. The molecule has 32 heavy (non-hydrogen) atoms. The van der Waals surface area contributed by atoms with Gasteiger partial charge < -0.3 is 15.1 Å². The van der Waals surface area contributed by atoms with Crippen LogP contribution >= 0.6 is 0 Å². The largest absolute Gasteiger partial charge is 0.353 e.